The van der Waals surface area contributed by atoms with Gasteiger partial charge in [-0.3, -0.25) is 4.79 Å². The fourth-order valence-corrected chi connectivity index (χ4v) is 3.93. The first-order valence-corrected chi connectivity index (χ1v) is 9.26. The number of methoxy groups -OCH3 is 1. The maximum absolute atomic E-state index is 12.4. The summed E-state index contributed by atoms with van der Waals surface area (Å²) in [4.78, 5) is 12.4. The highest BCUT2D eigenvalue weighted by atomic mass is 35.5. The highest BCUT2D eigenvalue weighted by Gasteiger charge is 2.38. The van der Waals surface area contributed by atoms with Crippen LogP contribution in [0.5, 0.6) is 11.5 Å². The van der Waals surface area contributed by atoms with Crippen molar-refractivity contribution in [1.82, 2.24) is 10.6 Å². The molecule has 1 heterocycles. The number of ether oxygens (including phenoxy) is 2. The van der Waals surface area contributed by atoms with Gasteiger partial charge in [-0.05, 0) is 42.9 Å². The van der Waals surface area contributed by atoms with Crippen molar-refractivity contribution in [3.8, 4) is 11.5 Å². The zero-order valence-corrected chi connectivity index (χ0v) is 16.5. The molecule has 158 valence electrons. The van der Waals surface area contributed by atoms with Crippen LogP contribution in [0.15, 0.2) is 18.2 Å². The predicted octanol–water partition coefficient (Wildman–Crippen LogP) is 3.60. The number of hydrogen-bond donors (Lipinski definition) is 2. The molecule has 28 heavy (non-hydrogen) atoms. The van der Waals surface area contributed by atoms with Crippen LogP contribution >= 0.6 is 12.4 Å². The molecule has 1 aliphatic carbocycles. The number of benzene rings is 1. The van der Waals surface area contributed by atoms with Crippen molar-refractivity contribution in [3.63, 3.8) is 0 Å². The summed E-state index contributed by atoms with van der Waals surface area (Å²) in [7, 11) is 1.36. The van der Waals surface area contributed by atoms with Gasteiger partial charge in [0, 0.05) is 12.6 Å². The van der Waals surface area contributed by atoms with Crippen molar-refractivity contribution in [2.24, 2.45) is 5.92 Å². The quantitative estimate of drug-likeness (QED) is 0.735. The molecule has 1 amide bonds. The van der Waals surface area contributed by atoms with E-state index >= 15 is 0 Å². The van der Waals surface area contributed by atoms with Gasteiger partial charge in [-0.1, -0.05) is 18.9 Å². The molecule has 9 heteroatoms. The summed E-state index contributed by atoms with van der Waals surface area (Å²) in [6.45, 7) is -1.10. The van der Waals surface area contributed by atoms with Gasteiger partial charge >= 0.3 is 6.18 Å². The first kappa shape index (κ1) is 22.6. The number of fused-ring (bicyclic) bond motifs is 1. The molecule has 0 radical (unpaired) electrons. The van der Waals surface area contributed by atoms with Crippen LogP contribution in [0, 0.1) is 5.92 Å². The molecule has 5 nitrogen and oxygen atoms in total. The maximum Gasteiger partial charge on any atom is 0.422 e. The summed E-state index contributed by atoms with van der Waals surface area (Å²) in [6, 6.07) is 4.90. The van der Waals surface area contributed by atoms with E-state index in [2.05, 4.69) is 10.6 Å². The SMILES string of the molecule is COc1cc(CNC(=O)C2CC3CCCCC3N2)ccc1OCC(F)(F)F.Cl. The first-order chi connectivity index (χ1) is 12.9. The Bertz CT molecular complexity index is 658. The van der Waals surface area contributed by atoms with E-state index in [0.29, 0.717) is 12.0 Å². The van der Waals surface area contributed by atoms with E-state index in [4.69, 9.17) is 9.47 Å². The van der Waals surface area contributed by atoms with Crippen molar-refractivity contribution in [2.75, 3.05) is 13.7 Å². The second-order valence-corrected chi connectivity index (χ2v) is 7.21. The molecular formula is C19H26ClF3N2O3. The van der Waals surface area contributed by atoms with Crippen molar-refractivity contribution >= 4 is 18.3 Å². The largest absolute Gasteiger partial charge is 0.493 e. The van der Waals surface area contributed by atoms with Gasteiger partial charge in [0.05, 0.1) is 13.2 Å². The average molecular weight is 423 g/mol. The van der Waals surface area contributed by atoms with Crippen LogP contribution < -0.4 is 20.1 Å². The Morgan fingerprint density at radius 1 is 1.25 bits per heavy atom. The molecule has 1 saturated carbocycles. The Balaban J connectivity index is 0.00000280. The summed E-state index contributed by atoms with van der Waals surface area (Å²) in [5.41, 5.74) is 0.731. The number of carbonyl (C=O) groups excluding carboxylic acids is 1. The predicted molar refractivity (Wildman–Crippen MR) is 101 cm³/mol. The molecule has 0 aromatic heterocycles. The minimum atomic E-state index is -4.41. The van der Waals surface area contributed by atoms with Crippen molar-refractivity contribution in [1.29, 1.82) is 0 Å². The highest BCUT2D eigenvalue weighted by molar-refractivity contribution is 5.85. The zero-order chi connectivity index (χ0) is 19.4. The van der Waals surface area contributed by atoms with Gasteiger partial charge in [0.15, 0.2) is 18.1 Å². The first-order valence-electron chi connectivity index (χ1n) is 9.26. The third-order valence-corrected chi connectivity index (χ3v) is 5.27. The minimum absolute atomic E-state index is 0. The lowest BCUT2D eigenvalue weighted by atomic mass is 9.85. The Kier molecular flexibility index (Phi) is 7.83. The number of nitrogens with one attached hydrogen (secondary N) is 2. The summed E-state index contributed by atoms with van der Waals surface area (Å²) in [5, 5.41) is 6.33. The molecule has 2 aliphatic rings. The maximum atomic E-state index is 12.4. The molecule has 2 N–H and O–H groups in total. The molecule has 2 fully saturated rings. The van der Waals surface area contributed by atoms with Crippen LogP contribution in [0.2, 0.25) is 0 Å². The van der Waals surface area contributed by atoms with E-state index in [-0.39, 0.29) is 42.4 Å². The van der Waals surface area contributed by atoms with E-state index in [1.54, 1.807) is 12.1 Å². The minimum Gasteiger partial charge on any atom is -0.493 e. The number of carbonyl (C=O) groups is 1. The normalized spacial score (nSPS) is 24.1. The lowest BCUT2D eigenvalue weighted by molar-refractivity contribution is -0.153. The van der Waals surface area contributed by atoms with E-state index in [0.717, 1.165) is 18.4 Å². The molecule has 1 aromatic carbocycles. The average Bonchev–Trinajstić information content (AvgIpc) is 3.08. The molecule has 1 saturated heterocycles. The zero-order valence-electron chi connectivity index (χ0n) is 15.7. The molecule has 3 unspecified atom stereocenters. The van der Waals surface area contributed by atoms with E-state index in [1.165, 1.54) is 32.4 Å². The lowest BCUT2D eigenvalue weighted by Gasteiger charge is -2.24. The number of halogens is 4. The van der Waals surface area contributed by atoms with Gasteiger partial charge in [0.25, 0.3) is 0 Å². The van der Waals surface area contributed by atoms with Gasteiger partial charge in [0.2, 0.25) is 5.91 Å². The summed E-state index contributed by atoms with van der Waals surface area (Å²) in [5.74, 6) is 0.767. The molecule has 0 spiro atoms. The summed E-state index contributed by atoms with van der Waals surface area (Å²) < 4.78 is 46.8. The highest BCUT2D eigenvalue weighted by Crippen LogP contribution is 2.33. The van der Waals surface area contributed by atoms with Crippen LogP contribution in [0.25, 0.3) is 0 Å². The van der Waals surface area contributed by atoms with Gasteiger partial charge in [-0.2, -0.15) is 13.2 Å². The van der Waals surface area contributed by atoms with Gasteiger partial charge in [-0.15, -0.1) is 12.4 Å². The number of hydrogen-bond acceptors (Lipinski definition) is 4. The second kappa shape index (κ2) is 9.69. The second-order valence-electron chi connectivity index (χ2n) is 7.21. The molecular weight excluding hydrogens is 397 g/mol. The van der Waals surface area contributed by atoms with Crippen LogP contribution in [0.3, 0.4) is 0 Å². The third-order valence-electron chi connectivity index (χ3n) is 5.27. The van der Waals surface area contributed by atoms with Gasteiger partial charge in [0.1, 0.15) is 0 Å². The van der Waals surface area contributed by atoms with Crippen molar-refractivity contribution in [3.05, 3.63) is 23.8 Å². The van der Waals surface area contributed by atoms with Gasteiger partial charge in [-0.25, -0.2) is 0 Å². The Hall–Kier alpha value is -1.67. The standard InChI is InChI=1S/C19H25F3N2O3.ClH/c1-26-17-8-12(6-7-16(17)27-11-19(20,21)22)10-23-18(25)15-9-13-4-2-3-5-14(13)24-15;/h6-8,13-15,24H,2-5,9-11H2,1H3,(H,23,25);1H. The lowest BCUT2D eigenvalue weighted by Crippen LogP contribution is -2.42. The van der Waals surface area contributed by atoms with E-state index < -0.39 is 12.8 Å². The fraction of sp³-hybridized carbons (Fsp3) is 0.632. The Morgan fingerprint density at radius 2 is 2.00 bits per heavy atom. The Labute approximate surface area is 168 Å². The van der Waals surface area contributed by atoms with Crippen molar-refractivity contribution < 1.29 is 27.4 Å². The number of alkyl halides is 3. The fourth-order valence-electron chi connectivity index (χ4n) is 3.93. The molecule has 0 bridgehead atoms. The summed E-state index contributed by atoms with van der Waals surface area (Å²) in [6.07, 6.45) is 1.21. The topological polar surface area (TPSA) is 59.6 Å². The molecule has 1 aromatic rings. The van der Waals surface area contributed by atoms with Crippen LogP contribution in [-0.4, -0.2) is 37.9 Å². The molecule has 1 aliphatic heterocycles. The van der Waals surface area contributed by atoms with E-state index in [1.807, 2.05) is 0 Å². The van der Waals surface area contributed by atoms with Crippen molar-refractivity contribution in [2.45, 2.75) is 56.9 Å². The van der Waals surface area contributed by atoms with Crippen LogP contribution in [-0.2, 0) is 11.3 Å². The van der Waals surface area contributed by atoms with Crippen LogP contribution in [0.4, 0.5) is 13.2 Å². The monoisotopic (exact) mass is 422 g/mol. The Morgan fingerprint density at radius 3 is 2.68 bits per heavy atom. The molecule has 3 atom stereocenters. The third kappa shape index (κ3) is 5.91. The molecule has 3 rings (SSSR count). The summed E-state index contributed by atoms with van der Waals surface area (Å²) >= 11 is 0. The van der Waals surface area contributed by atoms with Crippen LogP contribution in [0.1, 0.15) is 37.7 Å². The van der Waals surface area contributed by atoms with Gasteiger partial charge < -0.3 is 20.1 Å². The number of amides is 1. The number of rotatable bonds is 6. The smallest absolute Gasteiger partial charge is 0.422 e. The van der Waals surface area contributed by atoms with E-state index in [9.17, 15) is 18.0 Å².